The van der Waals surface area contributed by atoms with E-state index in [2.05, 4.69) is 67.9 Å². The van der Waals surface area contributed by atoms with Crippen molar-refractivity contribution >= 4 is 94.3 Å². The third kappa shape index (κ3) is 25.6. The summed E-state index contributed by atoms with van der Waals surface area (Å²) in [6.45, 7) is 16.0. The molecule has 0 saturated carbocycles. The van der Waals surface area contributed by atoms with Crippen molar-refractivity contribution in [2.45, 2.75) is 290 Å². The van der Waals surface area contributed by atoms with Crippen LogP contribution in [0.4, 0.5) is 21.0 Å². The van der Waals surface area contributed by atoms with Crippen molar-refractivity contribution in [1.29, 1.82) is 0 Å². The zero-order valence-corrected chi connectivity index (χ0v) is 72.1. The highest BCUT2D eigenvalue weighted by molar-refractivity contribution is 6.13. The van der Waals surface area contributed by atoms with Crippen molar-refractivity contribution in [2.24, 2.45) is 23.3 Å². The number of fused-ring (bicyclic) bond motifs is 6. The number of aliphatic hydroxyl groups excluding tert-OH is 1. The molecule has 12 bridgehead atoms. The summed E-state index contributed by atoms with van der Waals surface area (Å²) in [4.78, 5) is 181. The van der Waals surface area contributed by atoms with Crippen LogP contribution in [0.2, 0.25) is 0 Å². The third-order valence-corrected chi connectivity index (χ3v) is 24.7. The number of alkyl carbamates (subject to hydrolysis) is 2. The molecule has 6 unspecified atom stereocenters. The molecular weight excluding hydrogens is 1660 g/mol. The van der Waals surface area contributed by atoms with Gasteiger partial charge in [-0.15, -0.1) is 0 Å². The molecule has 13 amide bonds. The number of amides is 13. The molecule has 40 nitrogen and oxygen atoms in total. The highest BCUT2D eigenvalue weighted by Crippen LogP contribution is 2.55. The van der Waals surface area contributed by atoms with Gasteiger partial charge in [-0.05, 0) is 125 Å². The number of ether oxygens (including phenoxy) is 13. The van der Waals surface area contributed by atoms with Gasteiger partial charge in [-0.25, -0.2) is 9.59 Å². The Balaban J connectivity index is 0.543. The van der Waals surface area contributed by atoms with Gasteiger partial charge in [0.15, 0.2) is 5.79 Å². The van der Waals surface area contributed by atoms with E-state index in [9.17, 15) is 72.2 Å². The van der Waals surface area contributed by atoms with Crippen LogP contribution in [-0.4, -0.2) is 279 Å². The van der Waals surface area contributed by atoms with Gasteiger partial charge in [-0.3, -0.25) is 62.4 Å². The van der Waals surface area contributed by atoms with E-state index in [-0.39, 0.29) is 150 Å². The first kappa shape index (κ1) is 95.9. The lowest BCUT2D eigenvalue weighted by Crippen LogP contribution is -2.61. The number of rotatable bonds is 36. The largest absolute Gasteiger partial charge is 0.445 e. The molecule has 10 saturated heterocycles. The average Bonchev–Trinajstić information content (AvgIpc) is 1.55. The normalized spacial score (nSPS) is 29.9. The summed E-state index contributed by atoms with van der Waals surface area (Å²) in [5, 5.41) is 33.8. The minimum atomic E-state index is -1.53. The van der Waals surface area contributed by atoms with Gasteiger partial charge in [0.05, 0.1) is 113 Å². The fourth-order valence-electron chi connectivity index (χ4n) is 17.8. The summed E-state index contributed by atoms with van der Waals surface area (Å²) in [5.74, 6) is -9.62. The van der Waals surface area contributed by atoms with E-state index in [1.54, 1.807) is 19.2 Å². The number of aliphatic hydroxyl groups is 1. The van der Waals surface area contributed by atoms with Crippen molar-refractivity contribution in [3.05, 3.63) is 96.1 Å². The lowest BCUT2D eigenvalue weighted by molar-refractivity contribution is -0.292. The lowest BCUT2D eigenvalue weighted by Gasteiger charge is -2.47. The number of Topliss-reactive ketones (excluding diaryl/α,β-unsaturated/α-hetero) is 1. The van der Waals surface area contributed by atoms with Crippen LogP contribution in [0.3, 0.4) is 0 Å². The molecule has 40 heteroatoms. The Hall–Kier alpha value is -10.2. The molecule has 13 rings (SSSR count). The molecule has 127 heavy (non-hydrogen) atoms. The smallest absolute Gasteiger partial charge is 0.408 e. The Morgan fingerprint density at radius 1 is 0.551 bits per heavy atom. The molecule has 10 fully saturated rings. The molecule has 1 spiro atoms. The monoisotopic (exact) mass is 1780 g/mol. The SMILES string of the molecule is C=C1C[C@@H]2CC[C@@]34CC5O[C@@H]6C(O[C@H]7CCC(CC(=O)C[C@H]8[C@H](CC9O[C@@H](CCC1O2)C[C@@H](C)C9=C)OC(C[C@H](O)CNC(=O)OCc1ccc(NC(=O)[C@H](CC(N)=O)NC(=O)[C@H](C)NC(=O)[C@H](C)NC(=O)OCc2ccc(NC(=O)[C@H](CC(N)=O)NC(=O)[C@H](C)NC(=O)[C@H](C)NC(=O)CCOCCOCCN9C(=O)C=CC9=O)cc2)cc1)[C@@H]8OC)O[C@@H]7[C@@H]6O3)[C@@H]5O4. The topological polar surface area (TPSA) is 543 Å². The van der Waals surface area contributed by atoms with Crippen LogP contribution in [0.15, 0.2) is 85.0 Å². The molecule has 0 aromatic heterocycles. The van der Waals surface area contributed by atoms with Gasteiger partial charge >= 0.3 is 12.2 Å². The molecule has 0 radical (unpaired) electrons. The van der Waals surface area contributed by atoms with Gasteiger partial charge in [0.2, 0.25) is 53.2 Å². The van der Waals surface area contributed by atoms with Crippen molar-refractivity contribution in [2.75, 3.05) is 57.3 Å². The quantitative estimate of drug-likeness (QED) is 0.0259. The van der Waals surface area contributed by atoms with E-state index in [0.29, 0.717) is 43.2 Å². The summed E-state index contributed by atoms with van der Waals surface area (Å²) in [5.41, 5.74) is 14.1. The highest BCUT2D eigenvalue weighted by atomic mass is 16.8. The van der Waals surface area contributed by atoms with E-state index >= 15 is 0 Å². The average molecular weight is 1780 g/mol. The summed E-state index contributed by atoms with van der Waals surface area (Å²) >= 11 is 0. The number of hydrogen-bond acceptors (Lipinski definition) is 28. The number of methoxy groups -OCH3 is 1. The predicted molar refractivity (Wildman–Crippen MR) is 445 cm³/mol. The second-order valence-electron chi connectivity index (χ2n) is 34.3. The van der Waals surface area contributed by atoms with Crippen molar-refractivity contribution < 1.29 is 134 Å². The van der Waals surface area contributed by atoms with Crippen LogP contribution in [0.5, 0.6) is 0 Å². The van der Waals surface area contributed by atoms with E-state index in [1.165, 1.54) is 76.2 Å². The number of imide groups is 1. The minimum Gasteiger partial charge on any atom is -0.445 e. The number of carbonyl (C=O) groups is 14. The van der Waals surface area contributed by atoms with E-state index < -0.39 is 187 Å². The molecule has 14 N–H and O–H groups in total. The van der Waals surface area contributed by atoms with Gasteiger partial charge in [-0.1, -0.05) is 44.3 Å². The Morgan fingerprint density at radius 3 is 1.71 bits per heavy atom. The number of nitrogens with two attached hydrogens (primary N) is 2. The highest BCUT2D eigenvalue weighted by Gasteiger charge is 2.69. The predicted octanol–water partition coefficient (Wildman–Crippen LogP) is 1.18. The second kappa shape index (κ2) is 43.7. The number of nitrogens with zero attached hydrogens (tertiary/aromatic N) is 1. The Labute approximate surface area is 734 Å². The van der Waals surface area contributed by atoms with Crippen LogP contribution in [0.25, 0.3) is 0 Å². The number of anilines is 2. The number of carbonyl (C=O) groups excluding carboxylic acids is 14. The number of nitrogens with one attached hydrogen (secondary N) is 9. The number of primary amides is 2. The van der Waals surface area contributed by atoms with Crippen LogP contribution in [-0.2, 0) is 132 Å². The Kier molecular flexibility index (Phi) is 33.0. The lowest BCUT2D eigenvalue weighted by atomic mass is 9.81. The molecule has 0 aliphatic carbocycles. The zero-order valence-electron chi connectivity index (χ0n) is 72.1. The number of ketones is 1. The van der Waals surface area contributed by atoms with E-state index in [1.807, 2.05) is 0 Å². The standard InChI is InChI=1S/C87H118N12O28/c1-43-31-56-17-19-62-44(2)32-58(120-62)23-25-87-39-67-75(126-87)76-77(125-67)78(127-87)74-63(124-76)20-18-57(122-74)33-54(100)34-59-65(38-64(121-56)45(43)3)123-66(73(59)115-8)35-55(101)40-90-85(113)118-41-50-9-13-52(14-10-50)95-84(112)61(37-69(89)103)98-82(110)48(6)93-80(108)49(7)94-86(114)119-42-51-11-15-53(16-12-51)96-83(111)60(36-68(88)102)97-81(109)47(5)92-79(107)46(4)91-70(104)24-27-116-29-30-117-28-26-99-71(105)21-22-72(99)106/h9-16,21-22,43,46-49,55-67,73-78,101H,2-3,17-20,23-42H2,1,4-8H3,(H2,88,102)(H2,89,103)(H,90,113)(H,91,104)(H,92,107)(H,93,108)(H,94,114)(H,95,112)(H,96,111)(H,97,109)(H,98,110)/t43-,46+,47+,48+,49+,55+,56+,57?,58+,59+,60+,61+,62?,63+,64?,65+,66?,67?,73-,74+,75-,76?,77-,78+,87+/m1/s1. The molecule has 11 heterocycles. The van der Waals surface area contributed by atoms with Gasteiger partial charge in [-0.2, -0.15) is 0 Å². The van der Waals surface area contributed by atoms with E-state index in [4.69, 9.17) is 73.0 Å². The van der Waals surface area contributed by atoms with Gasteiger partial charge in [0.25, 0.3) is 11.8 Å². The summed E-state index contributed by atoms with van der Waals surface area (Å²) in [6.07, 6.45) is -0.517. The maximum atomic E-state index is 14.6. The third-order valence-electron chi connectivity index (χ3n) is 24.7. The second-order valence-corrected chi connectivity index (χ2v) is 34.3. The molecule has 2 aromatic rings. The first-order valence-corrected chi connectivity index (χ1v) is 43.4. The maximum Gasteiger partial charge on any atom is 0.408 e. The van der Waals surface area contributed by atoms with Gasteiger partial charge in [0, 0.05) is 88.0 Å². The fourth-order valence-corrected chi connectivity index (χ4v) is 17.8. The summed E-state index contributed by atoms with van der Waals surface area (Å²) < 4.78 is 82.3. The van der Waals surface area contributed by atoms with Crippen molar-refractivity contribution in [3.8, 4) is 0 Å². The van der Waals surface area contributed by atoms with E-state index in [0.717, 1.165) is 48.2 Å². The van der Waals surface area contributed by atoms with Gasteiger partial charge in [0.1, 0.15) is 85.8 Å². The molecular formula is C87H118N12O28. The molecule has 694 valence electrons. The van der Waals surface area contributed by atoms with Crippen molar-refractivity contribution in [3.63, 3.8) is 0 Å². The molecule has 11 aliphatic heterocycles. The fraction of sp³-hybridized carbons (Fsp3) is 0.632. The minimum absolute atomic E-state index is 0.0214. The Morgan fingerprint density at radius 2 is 1.09 bits per heavy atom. The Bertz CT molecular complexity index is 4390. The molecule has 25 atom stereocenters. The maximum absolute atomic E-state index is 14.6. The molecule has 11 aliphatic rings. The van der Waals surface area contributed by atoms with Crippen LogP contribution in [0.1, 0.15) is 148 Å². The first-order chi connectivity index (χ1) is 60.6. The van der Waals surface area contributed by atoms with Gasteiger partial charge < -0.3 is 126 Å². The van der Waals surface area contributed by atoms with Crippen LogP contribution < -0.4 is 59.3 Å². The first-order valence-electron chi connectivity index (χ1n) is 43.4. The summed E-state index contributed by atoms with van der Waals surface area (Å²) in [6, 6.07) is 3.81. The van der Waals surface area contributed by atoms with Crippen LogP contribution >= 0.6 is 0 Å². The zero-order chi connectivity index (χ0) is 91.1. The number of hydrogen-bond donors (Lipinski definition) is 12. The molecule has 2 aromatic carbocycles. The van der Waals surface area contributed by atoms with Crippen LogP contribution in [0, 0.1) is 11.8 Å². The summed E-state index contributed by atoms with van der Waals surface area (Å²) in [7, 11) is 1.56. The number of benzene rings is 2. The van der Waals surface area contributed by atoms with Crippen molar-refractivity contribution in [1.82, 2.24) is 42.1 Å².